The first-order valence-corrected chi connectivity index (χ1v) is 11.0. The van der Waals surface area contributed by atoms with E-state index in [9.17, 15) is 22.4 Å². The number of ether oxygens (including phenoxy) is 1. The minimum absolute atomic E-state index is 0.0323. The van der Waals surface area contributed by atoms with E-state index >= 15 is 0 Å². The van der Waals surface area contributed by atoms with Gasteiger partial charge in [-0.05, 0) is 42.8 Å². The van der Waals surface area contributed by atoms with Gasteiger partial charge in [-0.15, -0.1) is 0 Å². The van der Waals surface area contributed by atoms with Crippen LogP contribution < -0.4 is 15.6 Å². The van der Waals surface area contributed by atoms with Crippen LogP contribution in [0.1, 0.15) is 16.1 Å². The van der Waals surface area contributed by atoms with Gasteiger partial charge in [-0.1, -0.05) is 18.2 Å². The van der Waals surface area contributed by atoms with Crippen molar-refractivity contribution in [2.75, 3.05) is 23.8 Å². The number of aryl methyl sites for hydroxylation is 1. The van der Waals surface area contributed by atoms with Gasteiger partial charge in [0.2, 0.25) is 0 Å². The van der Waals surface area contributed by atoms with Gasteiger partial charge >= 0.3 is 0 Å². The maximum atomic E-state index is 13.9. The van der Waals surface area contributed by atoms with Crippen molar-refractivity contribution in [1.29, 1.82) is 0 Å². The SMILES string of the molecule is COCCn1nc(C(=O)Nc2ccc(C)c(S(=O)(=O)Nc3ccccc3F)c2)ccc1=O. The summed E-state index contributed by atoms with van der Waals surface area (Å²) in [5.74, 6) is -1.35. The molecule has 0 unspecified atom stereocenters. The summed E-state index contributed by atoms with van der Waals surface area (Å²) in [6.07, 6.45) is 0. The minimum Gasteiger partial charge on any atom is -0.383 e. The molecule has 0 saturated carbocycles. The summed E-state index contributed by atoms with van der Waals surface area (Å²) in [6, 6.07) is 12.2. The van der Waals surface area contributed by atoms with Crippen molar-refractivity contribution in [3.63, 3.8) is 0 Å². The Kier molecular flexibility index (Phi) is 7.01. The summed E-state index contributed by atoms with van der Waals surface area (Å²) in [5, 5.41) is 6.56. The van der Waals surface area contributed by atoms with E-state index in [1.54, 1.807) is 6.92 Å². The normalized spacial score (nSPS) is 11.2. The molecule has 0 fully saturated rings. The summed E-state index contributed by atoms with van der Waals surface area (Å²) in [6.45, 7) is 1.99. The lowest BCUT2D eigenvalue weighted by molar-refractivity contribution is 0.101. The zero-order valence-corrected chi connectivity index (χ0v) is 18.1. The molecule has 0 spiro atoms. The second-order valence-electron chi connectivity index (χ2n) is 6.79. The molecule has 168 valence electrons. The number of methoxy groups -OCH3 is 1. The van der Waals surface area contributed by atoms with Gasteiger partial charge < -0.3 is 10.1 Å². The van der Waals surface area contributed by atoms with E-state index in [1.165, 1.54) is 55.6 Å². The Morgan fingerprint density at radius 1 is 1.16 bits per heavy atom. The molecule has 1 aromatic heterocycles. The molecule has 0 aliphatic rings. The quantitative estimate of drug-likeness (QED) is 0.533. The molecule has 0 bridgehead atoms. The molecule has 9 nitrogen and oxygen atoms in total. The maximum Gasteiger partial charge on any atom is 0.276 e. The van der Waals surface area contributed by atoms with E-state index in [0.29, 0.717) is 5.56 Å². The fraction of sp³-hybridized carbons (Fsp3) is 0.190. The summed E-state index contributed by atoms with van der Waals surface area (Å²) < 4.78 is 47.7. The summed E-state index contributed by atoms with van der Waals surface area (Å²) >= 11 is 0. The van der Waals surface area contributed by atoms with Crippen LogP contribution in [-0.2, 0) is 21.3 Å². The largest absolute Gasteiger partial charge is 0.383 e. The fourth-order valence-electron chi connectivity index (χ4n) is 2.81. The van der Waals surface area contributed by atoms with Gasteiger partial charge in [0.05, 0.1) is 23.7 Å². The maximum absolute atomic E-state index is 13.9. The molecule has 0 atom stereocenters. The highest BCUT2D eigenvalue weighted by Gasteiger charge is 2.20. The van der Waals surface area contributed by atoms with Crippen LogP contribution in [-0.4, -0.2) is 37.8 Å². The molecular weight excluding hydrogens is 439 g/mol. The zero-order chi connectivity index (χ0) is 23.3. The van der Waals surface area contributed by atoms with Crippen LogP contribution in [0.5, 0.6) is 0 Å². The van der Waals surface area contributed by atoms with Crippen molar-refractivity contribution in [3.05, 3.63) is 82.0 Å². The summed E-state index contributed by atoms with van der Waals surface area (Å²) in [4.78, 5) is 24.3. The number of hydrogen-bond donors (Lipinski definition) is 2. The lowest BCUT2D eigenvalue weighted by atomic mass is 10.2. The number of benzene rings is 2. The lowest BCUT2D eigenvalue weighted by Crippen LogP contribution is -2.27. The zero-order valence-electron chi connectivity index (χ0n) is 17.3. The van der Waals surface area contributed by atoms with Gasteiger partial charge in [0.1, 0.15) is 11.5 Å². The molecule has 0 radical (unpaired) electrons. The second-order valence-corrected chi connectivity index (χ2v) is 8.44. The van der Waals surface area contributed by atoms with E-state index < -0.39 is 21.7 Å². The number of hydrogen-bond acceptors (Lipinski definition) is 6. The molecule has 0 saturated heterocycles. The predicted octanol–water partition coefficient (Wildman–Crippen LogP) is 2.39. The first kappa shape index (κ1) is 23.1. The van der Waals surface area contributed by atoms with E-state index in [0.717, 1.165) is 10.7 Å². The Balaban J connectivity index is 1.85. The Morgan fingerprint density at radius 2 is 1.91 bits per heavy atom. The van der Waals surface area contributed by atoms with Crippen molar-refractivity contribution in [2.45, 2.75) is 18.4 Å². The van der Waals surface area contributed by atoms with Gasteiger partial charge in [-0.3, -0.25) is 14.3 Å². The first-order valence-electron chi connectivity index (χ1n) is 9.48. The summed E-state index contributed by atoms with van der Waals surface area (Å²) in [7, 11) is -2.65. The molecule has 1 heterocycles. The molecule has 32 heavy (non-hydrogen) atoms. The van der Waals surface area contributed by atoms with Gasteiger partial charge in [-0.25, -0.2) is 17.5 Å². The van der Waals surface area contributed by atoms with Gasteiger partial charge in [0, 0.05) is 18.9 Å². The van der Waals surface area contributed by atoms with Gasteiger partial charge in [-0.2, -0.15) is 5.10 Å². The van der Waals surface area contributed by atoms with Gasteiger partial charge in [0.25, 0.3) is 21.5 Å². The Hall–Kier alpha value is -3.57. The van der Waals surface area contributed by atoms with Gasteiger partial charge in [0.15, 0.2) is 0 Å². The Bertz CT molecular complexity index is 1310. The third-order valence-electron chi connectivity index (χ3n) is 4.46. The van der Waals surface area contributed by atoms with E-state index in [1.807, 2.05) is 0 Å². The second kappa shape index (κ2) is 9.71. The molecule has 0 aliphatic carbocycles. The molecule has 3 aromatic rings. The monoisotopic (exact) mass is 460 g/mol. The number of aromatic nitrogens is 2. The van der Waals surface area contributed by atoms with Crippen LogP contribution in [0.4, 0.5) is 15.8 Å². The highest BCUT2D eigenvalue weighted by atomic mass is 32.2. The lowest BCUT2D eigenvalue weighted by Gasteiger charge is -2.13. The number of nitrogens with zero attached hydrogens (tertiary/aromatic N) is 2. The number of para-hydroxylation sites is 1. The first-order chi connectivity index (χ1) is 15.2. The van der Waals surface area contributed by atoms with Crippen LogP contribution in [0, 0.1) is 12.7 Å². The van der Waals surface area contributed by atoms with E-state index in [4.69, 9.17) is 4.74 Å². The molecule has 11 heteroatoms. The van der Waals surface area contributed by atoms with Crippen LogP contribution in [0.25, 0.3) is 0 Å². The van der Waals surface area contributed by atoms with Crippen LogP contribution in [0.2, 0.25) is 0 Å². The van der Waals surface area contributed by atoms with Crippen molar-refractivity contribution in [1.82, 2.24) is 9.78 Å². The van der Waals surface area contributed by atoms with E-state index in [-0.39, 0.29) is 40.7 Å². The van der Waals surface area contributed by atoms with Crippen LogP contribution in [0.15, 0.2) is 64.3 Å². The number of rotatable bonds is 8. The molecule has 3 rings (SSSR count). The Labute approximate surface area is 183 Å². The van der Waals surface area contributed by atoms with Crippen molar-refractivity contribution >= 4 is 27.3 Å². The number of halogens is 1. The predicted molar refractivity (Wildman–Crippen MR) is 117 cm³/mol. The smallest absolute Gasteiger partial charge is 0.276 e. The number of carbonyl (C=O) groups excluding carboxylic acids is 1. The minimum atomic E-state index is -4.13. The van der Waals surface area contributed by atoms with Crippen molar-refractivity contribution in [2.24, 2.45) is 0 Å². The topological polar surface area (TPSA) is 119 Å². The molecule has 2 aromatic carbocycles. The third-order valence-corrected chi connectivity index (χ3v) is 5.97. The number of nitrogens with one attached hydrogen (secondary N) is 2. The Morgan fingerprint density at radius 3 is 2.62 bits per heavy atom. The average Bonchev–Trinajstić information content (AvgIpc) is 2.76. The third kappa shape index (κ3) is 5.37. The summed E-state index contributed by atoms with van der Waals surface area (Å²) in [5.41, 5.74) is -0.0235. The number of carbonyl (C=O) groups is 1. The number of sulfonamides is 1. The average molecular weight is 460 g/mol. The van der Waals surface area contributed by atoms with Crippen LogP contribution in [0.3, 0.4) is 0 Å². The van der Waals surface area contributed by atoms with Crippen molar-refractivity contribution < 1.29 is 22.3 Å². The number of anilines is 2. The molecular formula is C21H21FN4O5S. The molecule has 2 N–H and O–H groups in total. The molecule has 1 amide bonds. The van der Waals surface area contributed by atoms with Crippen molar-refractivity contribution in [3.8, 4) is 0 Å². The molecule has 0 aliphatic heterocycles. The standard InChI is InChI=1S/C21H21FN4O5S/c1-14-7-8-15(13-19(14)32(29,30)25-17-6-4-3-5-16(17)22)23-21(28)18-9-10-20(27)26(24-18)11-12-31-2/h3-10,13,25H,11-12H2,1-2H3,(H,23,28). The highest BCUT2D eigenvalue weighted by molar-refractivity contribution is 7.92. The highest BCUT2D eigenvalue weighted by Crippen LogP contribution is 2.24. The van der Waals surface area contributed by atoms with E-state index in [2.05, 4.69) is 15.1 Å². The fourth-order valence-corrected chi connectivity index (χ4v) is 4.15. The number of amides is 1. The van der Waals surface area contributed by atoms with Crippen LogP contribution >= 0.6 is 0 Å².